The van der Waals surface area contributed by atoms with E-state index in [1.54, 1.807) is 0 Å². The van der Waals surface area contributed by atoms with Crippen LogP contribution in [0.3, 0.4) is 0 Å². The normalized spacial score (nSPS) is 9.83. The van der Waals surface area contributed by atoms with Gasteiger partial charge in [0.2, 0.25) is 0 Å². The summed E-state index contributed by atoms with van der Waals surface area (Å²) in [5.41, 5.74) is 3.43. The molecule has 0 unspecified atom stereocenters. The van der Waals surface area contributed by atoms with Crippen LogP contribution in [0, 0.1) is 6.92 Å². The number of aromatic nitrogens is 1. The van der Waals surface area contributed by atoms with Gasteiger partial charge in [0, 0.05) is 11.4 Å². The van der Waals surface area contributed by atoms with Gasteiger partial charge in [-0.3, -0.25) is 4.98 Å². The number of pyridine rings is 1. The molecule has 0 aliphatic heterocycles. The van der Waals surface area contributed by atoms with Crippen molar-refractivity contribution >= 4 is 6.08 Å². The van der Waals surface area contributed by atoms with E-state index in [9.17, 15) is 0 Å². The van der Waals surface area contributed by atoms with Gasteiger partial charge in [0.15, 0.2) is 0 Å². The van der Waals surface area contributed by atoms with Crippen LogP contribution in [-0.2, 0) is 6.42 Å². The number of nitrogens with zero attached hydrogens (tertiary/aromatic N) is 1. The highest BCUT2D eigenvalue weighted by atomic mass is 14.7. The van der Waals surface area contributed by atoms with Gasteiger partial charge in [-0.15, -0.1) is 0 Å². The molecule has 1 aromatic rings. The summed E-state index contributed by atoms with van der Waals surface area (Å²) in [6.45, 7) is 7.95. The maximum atomic E-state index is 4.46. The van der Waals surface area contributed by atoms with Crippen molar-refractivity contribution in [3.8, 4) is 0 Å². The first-order valence-corrected chi connectivity index (χ1v) is 4.37. The van der Waals surface area contributed by atoms with Crippen molar-refractivity contribution in [2.24, 2.45) is 0 Å². The summed E-state index contributed by atoms with van der Waals surface area (Å²) >= 11 is 0. The fraction of sp³-hybridized carbons (Fsp3) is 0.364. The lowest BCUT2D eigenvalue weighted by atomic mass is 10.1. The van der Waals surface area contributed by atoms with Crippen LogP contribution >= 0.6 is 0 Å². The lowest BCUT2D eigenvalue weighted by Crippen LogP contribution is -1.94. The minimum Gasteiger partial charge on any atom is -0.258 e. The van der Waals surface area contributed by atoms with E-state index in [2.05, 4.69) is 24.6 Å². The molecule has 0 bridgehead atoms. The summed E-state index contributed by atoms with van der Waals surface area (Å²) in [7, 11) is 0. The van der Waals surface area contributed by atoms with Crippen LogP contribution in [0.5, 0.6) is 0 Å². The van der Waals surface area contributed by atoms with Crippen LogP contribution in [0.15, 0.2) is 18.7 Å². The SMILES string of the molecule is C=Cc1ccc(C)nc1CCC. The first kappa shape index (κ1) is 8.98. The van der Waals surface area contributed by atoms with E-state index >= 15 is 0 Å². The summed E-state index contributed by atoms with van der Waals surface area (Å²) in [6, 6.07) is 4.11. The summed E-state index contributed by atoms with van der Waals surface area (Å²) in [5, 5.41) is 0. The molecule has 0 aliphatic rings. The van der Waals surface area contributed by atoms with E-state index in [0.717, 1.165) is 18.5 Å². The van der Waals surface area contributed by atoms with Crippen LogP contribution in [0.2, 0.25) is 0 Å². The molecule has 1 heterocycles. The monoisotopic (exact) mass is 161 g/mol. The van der Waals surface area contributed by atoms with Gasteiger partial charge in [0.05, 0.1) is 0 Å². The molecule has 0 aromatic carbocycles. The van der Waals surface area contributed by atoms with E-state index in [4.69, 9.17) is 0 Å². The van der Waals surface area contributed by atoms with Gasteiger partial charge in [-0.05, 0) is 25.0 Å². The third kappa shape index (κ3) is 1.94. The van der Waals surface area contributed by atoms with Crippen molar-refractivity contribution in [2.45, 2.75) is 26.7 Å². The van der Waals surface area contributed by atoms with E-state index in [0.29, 0.717) is 0 Å². The predicted molar refractivity (Wildman–Crippen MR) is 53.1 cm³/mol. The summed E-state index contributed by atoms with van der Waals surface area (Å²) < 4.78 is 0. The largest absolute Gasteiger partial charge is 0.258 e. The van der Waals surface area contributed by atoms with Crippen molar-refractivity contribution in [1.29, 1.82) is 0 Å². The highest BCUT2D eigenvalue weighted by Gasteiger charge is 1.99. The standard InChI is InChI=1S/C11H15N/c1-4-6-11-10(5-2)8-7-9(3)12-11/h5,7-8H,2,4,6H2,1,3H3. The third-order valence-corrected chi connectivity index (χ3v) is 1.86. The van der Waals surface area contributed by atoms with Gasteiger partial charge >= 0.3 is 0 Å². The Morgan fingerprint density at radius 2 is 2.25 bits per heavy atom. The van der Waals surface area contributed by atoms with Crippen molar-refractivity contribution in [3.05, 3.63) is 35.7 Å². The molecule has 0 spiro atoms. The predicted octanol–water partition coefficient (Wildman–Crippen LogP) is 2.99. The lowest BCUT2D eigenvalue weighted by molar-refractivity contribution is 0.871. The molecular weight excluding hydrogens is 146 g/mol. The van der Waals surface area contributed by atoms with Crippen LogP contribution < -0.4 is 0 Å². The zero-order valence-corrected chi connectivity index (χ0v) is 7.80. The fourth-order valence-electron chi connectivity index (χ4n) is 1.24. The molecule has 0 saturated heterocycles. The zero-order valence-electron chi connectivity index (χ0n) is 7.80. The second kappa shape index (κ2) is 4.05. The van der Waals surface area contributed by atoms with Gasteiger partial charge in [-0.25, -0.2) is 0 Å². The van der Waals surface area contributed by atoms with Gasteiger partial charge in [-0.2, -0.15) is 0 Å². The minimum atomic E-state index is 1.04. The Morgan fingerprint density at radius 1 is 1.50 bits per heavy atom. The van der Waals surface area contributed by atoms with Crippen LogP contribution in [0.25, 0.3) is 6.08 Å². The van der Waals surface area contributed by atoms with E-state index in [1.165, 1.54) is 11.3 Å². The average Bonchev–Trinajstić information content (AvgIpc) is 2.05. The first-order valence-electron chi connectivity index (χ1n) is 4.37. The second-order valence-corrected chi connectivity index (χ2v) is 2.94. The summed E-state index contributed by atoms with van der Waals surface area (Å²) in [6.07, 6.45) is 4.05. The minimum absolute atomic E-state index is 1.04. The average molecular weight is 161 g/mol. The van der Waals surface area contributed by atoms with Crippen LogP contribution in [0.1, 0.15) is 30.3 Å². The molecule has 0 aliphatic carbocycles. The molecule has 1 nitrogen and oxygen atoms in total. The second-order valence-electron chi connectivity index (χ2n) is 2.94. The van der Waals surface area contributed by atoms with Gasteiger partial charge in [-0.1, -0.05) is 32.1 Å². The fourth-order valence-corrected chi connectivity index (χ4v) is 1.24. The molecule has 64 valence electrons. The molecule has 0 atom stereocenters. The van der Waals surface area contributed by atoms with E-state index < -0.39 is 0 Å². The van der Waals surface area contributed by atoms with Gasteiger partial charge in [0.1, 0.15) is 0 Å². The topological polar surface area (TPSA) is 12.9 Å². The molecular formula is C11H15N. The number of hydrogen-bond donors (Lipinski definition) is 0. The molecule has 1 aromatic heterocycles. The van der Waals surface area contributed by atoms with Crippen molar-refractivity contribution < 1.29 is 0 Å². The zero-order chi connectivity index (χ0) is 8.97. The molecule has 0 saturated carbocycles. The maximum absolute atomic E-state index is 4.46. The molecule has 1 heteroatoms. The molecule has 0 radical (unpaired) electrons. The Kier molecular flexibility index (Phi) is 3.03. The summed E-state index contributed by atoms with van der Waals surface area (Å²) in [4.78, 5) is 4.46. The molecule has 0 fully saturated rings. The quantitative estimate of drug-likeness (QED) is 0.664. The number of hydrogen-bond acceptors (Lipinski definition) is 1. The Morgan fingerprint density at radius 3 is 2.83 bits per heavy atom. The lowest BCUT2D eigenvalue weighted by Gasteiger charge is -2.03. The highest BCUT2D eigenvalue weighted by Crippen LogP contribution is 2.10. The van der Waals surface area contributed by atoms with Crippen molar-refractivity contribution in [3.63, 3.8) is 0 Å². The Bertz CT molecular complexity index is 276. The Labute approximate surface area is 74.2 Å². The molecule has 12 heavy (non-hydrogen) atoms. The van der Waals surface area contributed by atoms with Crippen LogP contribution in [0.4, 0.5) is 0 Å². The molecule has 0 amide bonds. The van der Waals surface area contributed by atoms with Gasteiger partial charge in [0.25, 0.3) is 0 Å². The van der Waals surface area contributed by atoms with Crippen molar-refractivity contribution in [2.75, 3.05) is 0 Å². The Hall–Kier alpha value is -1.11. The highest BCUT2D eigenvalue weighted by molar-refractivity contribution is 5.49. The van der Waals surface area contributed by atoms with Gasteiger partial charge < -0.3 is 0 Å². The maximum Gasteiger partial charge on any atom is 0.0478 e. The molecule has 0 N–H and O–H groups in total. The van der Waals surface area contributed by atoms with E-state index in [-0.39, 0.29) is 0 Å². The smallest absolute Gasteiger partial charge is 0.0478 e. The van der Waals surface area contributed by atoms with E-state index in [1.807, 2.05) is 19.1 Å². The molecule has 1 rings (SSSR count). The van der Waals surface area contributed by atoms with Crippen LogP contribution in [-0.4, -0.2) is 4.98 Å². The third-order valence-electron chi connectivity index (χ3n) is 1.86. The summed E-state index contributed by atoms with van der Waals surface area (Å²) in [5.74, 6) is 0. The number of rotatable bonds is 3. The van der Waals surface area contributed by atoms with Crippen molar-refractivity contribution in [1.82, 2.24) is 4.98 Å². The Balaban J connectivity index is 3.03. The number of aryl methyl sites for hydroxylation is 2. The first-order chi connectivity index (χ1) is 5.77.